The van der Waals surface area contributed by atoms with Crippen LogP contribution in [0.1, 0.15) is 34.5 Å². The van der Waals surface area contributed by atoms with Gasteiger partial charge in [-0.1, -0.05) is 30.3 Å². The van der Waals surface area contributed by atoms with Gasteiger partial charge in [0.15, 0.2) is 0 Å². The fraction of sp³-hybridized carbons (Fsp3) is 0.217. The maximum Gasteiger partial charge on any atom is 0.234 e. The summed E-state index contributed by atoms with van der Waals surface area (Å²) in [5, 5.41) is 6.07. The zero-order chi connectivity index (χ0) is 21.1. The Labute approximate surface area is 183 Å². The van der Waals surface area contributed by atoms with Crippen LogP contribution < -0.4 is 5.32 Å². The van der Waals surface area contributed by atoms with Gasteiger partial charge in [0.25, 0.3) is 0 Å². The first-order valence-electron chi connectivity index (χ1n) is 9.65. The fourth-order valence-corrected chi connectivity index (χ4v) is 5.14. The van der Waals surface area contributed by atoms with Crippen molar-refractivity contribution in [1.29, 1.82) is 0 Å². The van der Waals surface area contributed by atoms with Gasteiger partial charge >= 0.3 is 0 Å². The second-order valence-electron chi connectivity index (χ2n) is 7.18. The summed E-state index contributed by atoms with van der Waals surface area (Å²) in [6.07, 6.45) is 0. The second-order valence-corrected chi connectivity index (χ2v) is 9.22. The van der Waals surface area contributed by atoms with Crippen molar-refractivity contribution in [3.05, 3.63) is 87.3 Å². The predicted octanol–water partition coefficient (Wildman–Crippen LogP) is 5.40. The first-order valence-corrected chi connectivity index (χ1v) is 11.3. The van der Waals surface area contributed by atoms with E-state index in [1.165, 1.54) is 12.1 Å². The van der Waals surface area contributed by atoms with E-state index in [4.69, 9.17) is 4.98 Å². The van der Waals surface area contributed by atoms with Crippen LogP contribution in [0.5, 0.6) is 0 Å². The van der Waals surface area contributed by atoms with E-state index in [1.807, 2.05) is 47.7 Å². The Bertz CT molecular complexity index is 1090. The molecule has 4 nitrogen and oxygen atoms in total. The Morgan fingerprint density at radius 1 is 1.13 bits per heavy atom. The molecule has 0 aliphatic rings. The number of hydrogen-bond donors (Lipinski definition) is 1. The predicted molar refractivity (Wildman–Crippen MR) is 121 cm³/mol. The molecule has 0 aliphatic heterocycles. The number of fused-ring (bicyclic) bond motifs is 1. The lowest BCUT2D eigenvalue weighted by Gasteiger charge is -2.24. The maximum atomic E-state index is 13.4. The monoisotopic (exact) mass is 439 g/mol. The summed E-state index contributed by atoms with van der Waals surface area (Å²) < 4.78 is 14.5. The molecule has 0 unspecified atom stereocenters. The van der Waals surface area contributed by atoms with Crippen LogP contribution in [0.15, 0.2) is 66.0 Å². The lowest BCUT2D eigenvalue weighted by molar-refractivity contribution is -0.122. The molecule has 2 heterocycles. The van der Waals surface area contributed by atoms with Crippen LogP contribution in [0.4, 0.5) is 4.39 Å². The molecule has 154 valence electrons. The van der Waals surface area contributed by atoms with Gasteiger partial charge in [-0.2, -0.15) is 0 Å². The van der Waals surface area contributed by atoms with Crippen molar-refractivity contribution in [3.63, 3.8) is 0 Å². The van der Waals surface area contributed by atoms with Crippen LogP contribution in [0, 0.1) is 5.82 Å². The minimum Gasteiger partial charge on any atom is -0.343 e. The highest BCUT2D eigenvalue weighted by Gasteiger charge is 2.22. The van der Waals surface area contributed by atoms with Gasteiger partial charge in [-0.25, -0.2) is 9.37 Å². The summed E-state index contributed by atoms with van der Waals surface area (Å²) in [5.41, 5.74) is 1.84. The van der Waals surface area contributed by atoms with E-state index in [0.717, 1.165) is 25.7 Å². The molecule has 4 rings (SSSR count). The first-order chi connectivity index (χ1) is 14.5. The molecule has 7 heteroatoms. The van der Waals surface area contributed by atoms with E-state index < -0.39 is 0 Å². The van der Waals surface area contributed by atoms with Crippen LogP contribution >= 0.6 is 22.7 Å². The van der Waals surface area contributed by atoms with Crippen molar-refractivity contribution >= 4 is 38.8 Å². The van der Waals surface area contributed by atoms with Gasteiger partial charge in [0, 0.05) is 4.88 Å². The van der Waals surface area contributed by atoms with Gasteiger partial charge in [-0.3, -0.25) is 9.69 Å². The van der Waals surface area contributed by atoms with Gasteiger partial charge in [-0.15, -0.1) is 22.7 Å². The Kier molecular flexibility index (Phi) is 6.22. The third-order valence-electron chi connectivity index (χ3n) is 5.06. The van der Waals surface area contributed by atoms with Crippen LogP contribution in [0.3, 0.4) is 0 Å². The minimum atomic E-state index is -0.302. The molecule has 0 aliphatic carbocycles. The number of aromatic nitrogens is 1. The Balaban J connectivity index is 1.46. The third-order valence-corrected chi connectivity index (χ3v) is 7.20. The highest BCUT2D eigenvalue weighted by Crippen LogP contribution is 2.29. The molecule has 0 saturated carbocycles. The van der Waals surface area contributed by atoms with Gasteiger partial charge in [0.1, 0.15) is 10.8 Å². The maximum absolute atomic E-state index is 13.4. The van der Waals surface area contributed by atoms with E-state index >= 15 is 0 Å². The second kappa shape index (κ2) is 9.04. The average Bonchev–Trinajstić information content (AvgIpc) is 3.42. The van der Waals surface area contributed by atoms with Crippen molar-refractivity contribution in [2.45, 2.75) is 19.0 Å². The summed E-state index contributed by atoms with van der Waals surface area (Å²) in [4.78, 5) is 20.6. The number of likely N-dealkylation sites (N-methyl/N-ethyl adjacent to an activating group) is 1. The minimum absolute atomic E-state index is 0.0131. The quantitative estimate of drug-likeness (QED) is 0.420. The van der Waals surface area contributed by atoms with E-state index in [2.05, 4.69) is 18.3 Å². The normalized spacial score (nSPS) is 13.5. The lowest BCUT2D eigenvalue weighted by Crippen LogP contribution is -2.38. The van der Waals surface area contributed by atoms with Crippen molar-refractivity contribution in [1.82, 2.24) is 15.2 Å². The van der Waals surface area contributed by atoms with Gasteiger partial charge in [0.2, 0.25) is 5.91 Å². The summed E-state index contributed by atoms with van der Waals surface area (Å²) in [6, 6.07) is 18.0. The van der Waals surface area contributed by atoms with Crippen molar-refractivity contribution < 1.29 is 9.18 Å². The van der Waals surface area contributed by atoms with Gasteiger partial charge in [-0.05, 0) is 55.2 Å². The number of para-hydroxylation sites is 1. The first kappa shape index (κ1) is 20.7. The van der Waals surface area contributed by atoms with Crippen LogP contribution in [-0.2, 0) is 4.79 Å². The standard InChI is InChI=1S/C23H22FN3OS2/c1-15(23-25-18-6-3-4-7-19(18)30-23)27(2)14-21(28)26-22(20-8-5-13-29-20)16-9-11-17(24)12-10-16/h3-13,15,22H,14H2,1-2H3,(H,26,28)/t15-,22+/m0/s1. The zero-order valence-electron chi connectivity index (χ0n) is 16.7. The molecule has 1 N–H and O–H groups in total. The number of benzene rings is 2. The topological polar surface area (TPSA) is 45.2 Å². The molecule has 0 bridgehead atoms. The average molecular weight is 440 g/mol. The van der Waals surface area contributed by atoms with Crippen molar-refractivity contribution in [2.24, 2.45) is 0 Å². The Morgan fingerprint density at radius 2 is 1.90 bits per heavy atom. The molecule has 2 aromatic heterocycles. The van der Waals surface area contributed by atoms with E-state index in [9.17, 15) is 9.18 Å². The highest BCUT2D eigenvalue weighted by atomic mass is 32.1. The summed E-state index contributed by atoms with van der Waals surface area (Å²) in [6.45, 7) is 2.29. The van der Waals surface area contributed by atoms with Crippen molar-refractivity contribution in [2.75, 3.05) is 13.6 Å². The number of carbonyl (C=O) groups excluding carboxylic acids is 1. The number of thiazole rings is 1. The van der Waals surface area contributed by atoms with Crippen molar-refractivity contribution in [3.8, 4) is 0 Å². The number of nitrogens with one attached hydrogen (secondary N) is 1. The Morgan fingerprint density at radius 3 is 2.60 bits per heavy atom. The van der Waals surface area contributed by atoms with Gasteiger partial charge < -0.3 is 5.32 Å². The number of carbonyl (C=O) groups is 1. The number of nitrogens with zero attached hydrogens (tertiary/aromatic N) is 2. The van der Waals surface area contributed by atoms with E-state index in [-0.39, 0.29) is 30.4 Å². The van der Waals surface area contributed by atoms with E-state index in [1.54, 1.807) is 34.8 Å². The summed E-state index contributed by atoms with van der Waals surface area (Å²) >= 11 is 3.22. The lowest BCUT2D eigenvalue weighted by atomic mass is 10.1. The van der Waals surface area contributed by atoms with Crippen LogP contribution in [0.25, 0.3) is 10.2 Å². The van der Waals surface area contributed by atoms with Crippen LogP contribution in [-0.4, -0.2) is 29.4 Å². The number of amides is 1. The fourth-order valence-electron chi connectivity index (χ4n) is 3.26. The number of rotatable bonds is 7. The van der Waals surface area contributed by atoms with Crippen LogP contribution in [0.2, 0.25) is 0 Å². The summed E-state index contributed by atoms with van der Waals surface area (Å²) in [7, 11) is 1.92. The van der Waals surface area contributed by atoms with Gasteiger partial charge in [0.05, 0.1) is 28.8 Å². The number of thiophene rings is 1. The molecule has 2 atom stereocenters. The molecule has 0 radical (unpaired) electrons. The molecule has 0 spiro atoms. The molecule has 4 aromatic rings. The molecule has 1 amide bonds. The number of halogens is 1. The largest absolute Gasteiger partial charge is 0.343 e. The summed E-state index contributed by atoms with van der Waals surface area (Å²) in [5.74, 6) is -0.382. The highest BCUT2D eigenvalue weighted by molar-refractivity contribution is 7.18. The molecular formula is C23H22FN3OS2. The molecule has 2 aromatic carbocycles. The van der Waals surface area contributed by atoms with E-state index in [0.29, 0.717) is 0 Å². The smallest absolute Gasteiger partial charge is 0.234 e. The third kappa shape index (κ3) is 4.59. The molecule has 0 saturated heterocycles. The number of hydrogen-bond acceptors (Lipinski definition) is 5. The molecular weight excluding hydrogens is 417 g/mol. The molecule has 30 heavy (non-hydrogen) atoms. The molecule has 0 fully saturated rings. The Hall–Kier alpha value is -2.61. The zero-order valence-corrected chi connectivity index (χ0v) is 18.3. The SMILES string of the molecule is C[C@@H](c1nc2ccccc2s1)N(C)CC(=O)N[C@H](c1ccc(F)cc1)c1cccs1.